The van der Waals surface area contributed by atoms with Gasteiger partial charge in [0.2, 0.25) is 5.91 Å². The van der Waals surface area contributed by atoms with E-state index in [0.717, 1.165) is 36.7 Å². The summed E-state index contributed by atoms with van der Waals surface area (Å²) in [6.45, 7) is 4.23. The number of carbonyl (C=O) groups is 1. The van der Waals surface area contributed by atoms with Gasteiger partial charge in [0.1, 0.15) is 12.1 Å². The highest BCUT2D eigenvalue weighted by Crippen LogP contribution is 2.25. The lowest BCUT2D eigenvalue weighted by molar-refractivity contribution is -0.122. The molecule has 1 aromatic carbocycles. The van der Waals surface area contributed by atoms with Crippen LogP contribution in [-0.2, 0) is 4.79 Å². The second-order valence-electron chi connectivity index (χ2n) is 6.89. The molecule has 0 spiro atoms. The normalized spacial score (nSPS) is 16.8. The first kappa shape index (κ1) is 18.2. The second kappa shape index (κ2) is 8.21. The molecule has 28 heavy (non-hydrogen) atoms. The number of piperidine rings is 1. The van der Waals surface area contributed by atoms with Crippen molar-refractivity contribution in [2.24, 2.45) is 5.92 Å². The summed E-state index contributed by atoms with van der Waals surface area (Å²) in [6.07, 6.45) is 6.99. The van der Waals surface area contributed by atoms with Gasteiger partial charge < -0.3 is 9.80 Å². The molecule has 0 bridgehead atoms. The number of amides is 1. The maximum absolute atomic E-state index is 13.2. The van der Waals surface area contributed by atoms with Crippen LogP contribution in [0.25, 0.3) is 5.82 Å². The third kappa shape index (κ3) is 3.74. The fourth-order valence-corrected chi connectivity index (χ4v) is 3.72. The Kier molecular flexibility index (Phi) is 5.32. The Balaban J connectivity index is 1.51. The Hall–Kier alpha value is -3.22. The van der Waals surface area contributed by atoms with E-state index >= 15 is 0 Å². The first-order valence-corrected chi connectivity index (χ1v) is 9.69. The molecule has 1 amide bonds. The molecule has 1 unspecified atom stereocenters. The van der Waals surface area contributed by atoms with Gasteiger partial charge in [0, 0.05) is 43.8 Å². The average Bonchev–Trinajstić information content (AvgIpc) is 3.30. The third-order valence-electron chi connectivity index (χ3n) is 5.12. The van der Waals surface area contributed by atoms with E-state index in [9.17, 15) is 4.79 Å². The topological polar surface area (TPSA) is 67.2 Å². The zero-order valence-corrected chi connectivity index (χ0v) is 16.0. The van der Waals surface area contributed by atoms with E-state index in [1.54, 1.807) is 17.2 Å². The predicted molar refractivity (Wildman–Crippen MR) is 109 cm³/mol. The minimum Gasteiger partial charge on any atom is -0.356 e. The fraction of sp³-hybridized carbons (Fsp3) is 0.333. The average molecular weight is 376 g/mol. The highest BCUT2D eigenvalue weighted by molar-refractivity contribution is 5.95. The molecule has 1 aliphatic heterocycles. The number of aromatic nitrogens is 4. The summed E-state index contributed by atoms with van der Waals surface area (Å²) >= 11 is 0. The summed E-state index contributed by atoms with van der Waals surface area (Å²) in [4.78, 5) is 26.0. The summed E-state index contributed by atoms with van der Waals surface area (Å²) in [5.41, 5.74) is 0.954. The Morgan fingerprint density at radius 2 is 2.00 bits per heavy atom. The highest BCUT2D eigenvalue weighted by atomic mass is 16.2. The van der Waals surface area contributed by atoms with Crippen LogP contribution in [0.3, 0.4) is 0 Å². The van der Waals surface area contributed by atoms with Gasteiger partial charge in [-0.1, -0.05) is 18.2 Å². The molecule has 3 aromatic rings. The van der Waals surface area contributed by atoms with E-state index in [0.29, 0.717) is 13.1 Å². The van der Waals surface area contributed by atoms with Crippen molar-refractivity contribution in [3.8, 4) is 5.82 Å². The van der Waals surface area contributed by atoms with Crippen molar-refractivity contribution in [1.29, 1.82) is 0 Å². The molecule has 7 heteroatoms. The highest BCUT2D eigenvalue weighted by Gasteiger charge is 2.30. The predicted octanol–water partition coefficient (Wildman–Crippen LogP) is 2.93. The zero-order chi connectivity index (χ0) is 19.3. The van der Waals surface area contributed by atoms with Gasteiger partial charge in [-0.15, -0.1) is 0 Å². The third-order valence-corrected chi connectivity index (χ3v) is 5.12. The molecule has 1 saturated heterocycles. The van der Waals surface area contributed by atoms with E-state index in [2.05, 4.69) is 20.0 Å². The van der Waals surface area contributed by atoms with Crippen molar-refractivity contribution in [2.75, 3.05) is 29.4 Å². The van der Waals surface area contributed by atoms with Gasteiger partial charge in [0.15, 0.2) is 5.82 Å². The standard InChI is InChI=1S/C21H24N6O/c1-2-26(18-9-4-3-5-10-18)21(28)17-8-6-12-25(15-17)19-14-20(23-16-22-19)27-13-7-11-24-27/h3-5,7,9-11,13-14,16-17H,2,6,8,12,15H2,1H3. The lowest BCUT2D eigenvalue weighted by Gasteiger charge is -2.35. The van der Waals surface area contributed by atoms with E-state index in [1.807, 2.05) is 60.5 Å². The quantitative estimate of drug-likeness (QED) is 0.685. The van der Waals surface area contributed by atoms with Crippen molar-refractivity contribution in [3.63, 3.8) is 0 Å². The van der Waals surface area contributed by atoms with Crippen LogP contribution in [0.4, 0.5) is 11.5 Å². The molecule has 1 fully saturated rings. The lowest BCUT2D eigenvalue weighted by atomic mass is 9.96. The molecule has 0 saturated carbocycles. The molecular weight excluding hydrogens is 352 g/mol. The number of carbonyl (C=O) groups excluding carboxylic acids is 1. The molecule has 1 atom stereocenters. The van der Waals surface area contributed by atoms with Crippen molar-refractivity contribution in [2.45, 2.75) is 19.8 Å². The van der Waals surface area contributed by atoms with Gasteiger partial charge in [-0.3, -0.25) is 4.79 Å². The maximum Gasteiger partial charge on any atom is 0.231 e. The van der Waals surface area contributed by atoms with Gasteiger partial charge in [-0.05, 0) is 38.0 Å². The number of anilines is 2. The van der Waals surface area contributed by atoms with Crippen molar-refractivity contribution in [3.05, 3.63) is 61.2 Å². The SMILES string of the molecule is CCN(C(=O)C1CCCN(c2cc(-n3cccn3)ncn2)C1)c1ccccc1. The van der Waals surface area contributed by atoms with Crippen LogP contribution in [0, 0.1) is 5.92 Å². The van der Waals surface area contributed by atoms with Crippen molar-refractivity contribution >= 4 is 17.4 Å². The Morgan fingerprint density at radius 3 is 2.75 bits per heavy atom. The van der Waals surface area contributed by atoms with Crippen LogP contribution in [0.15, 0.2) is 61.2 Å². The van der Waals surface area contributed by atoms with Crippen LogP contribution in [-0.4, -0.2) is 45.3 Å². The molecule has 0 N–H and O–H groups in total. The van der Waals surface area contributed by atoms with E-state index < -0.39 is 0 Å². The number of nitrogens with zero attached hydrogens (tertiary/aromatic N) is 6. The fourth-order valence-electron chi connectivity index (χ4n) is 3.72. The monoisotopic (exact) mass is 376 g/mol. The molecule has 7 nitrogen and oxygen atoms in total. The van der Waals surface area contributed by atoms with Crippen molar-refractivity contribution < 1.29 is 4.79 Å². The van der Waals surface area contributed by atoms with Crippen LogP contribution < -0.4 is 9.80 Å². The molecular formula is C21H24N6O. The smallest absolute Gasteiger partial charge is 0.231 e. The number of para-hydroxylation sites is 1. The molecule has 3 heterocycles. The number of hydrogen-bond acceptors (Lipinski definition) is 5. The molecule has 0 radical (unpaired) electrons. The number of hydrogen-bond donors (Lipinski definition) is 0. The van der Waals surface area contributed by atoms with Crippen LogP contribution >= 0.6 is 0 Å². The van der Waals surface area contributed by atoms with Gasteiger partial charge >= 0.3 is 0 Å². The first-order chi connectivity index (χ1) is 13.8. The van der Waals surface area contributed by atoms with E-state index in [4.69, 9.17) is 0 Å². The summed E-state index contributed by atoms with van der Waals surface area (Å²) in [5.74, 6) is 1.69. The summed E-state index contributed by atoms with van der Waals surface area (Å²) in [7, 11) is 0. The van der Waals surface area contributed by atoms with Gasteiger partial charge in [0.25, 0.3) is 0 Å². The van der Waals surface area contributed by atoms with Gasteiger partial charge in [-0.25, -0.2) is 14.6 Å². The van der Waals surface area contributed by atoms with E-state index in [-0.39, 0.29) is 11.8 Å². The van der Waals surface area contributed by atoms with Crippen LogP contribution in [0.5, 0.6) is 0 Å². The Morgan fingerprint density at radius 1 is 1.18 bits per heavy atom. The molecule has 4 rings (SSSR count). The minimum absolute atomic E-state index is 0.0444. The second-order valence-corrected chi connectivity index (χ2v) is 6.89. The molecule has 2 aromatic heterocycles. The van der Waals surface area contributed by atoms with Crippen LogP contribution in [0.1, 0.15) is 19.8 Å². The summed E-state index contributed by atoms with van der Waals surface area (Å²) in [6, 6.07) is 13.7. The Bertz CT molecular complexity index is 912. The number of rotatable bonds is 5. The van der Waals surface area contributed by atoms with Crippen LogP contribution in [0.2, 0.25) is 0 Å². The summed E-state index contributed by atoms with van der Waals surface area (Å²) < 4.78 is 1.71. The first-order valence-electron chi connectivity index (χ1n) is 9.69. The maximum atomic E-state index is 13.2. The Labute approximate surface area is 164 Å². The summed E-state index contributed by atoms with van der Waals surface area (Å²) in [5, 5.41) is 4.23. The number of benzene rings is 1. The minimum atomic E-state index is -0.0444. The molecule has 1 aliphatic rings. The zero-order valence-electron chi connectivity index (χ0n) is 16.0. The van der Waals surface area contributed by atoms with Gasteiger partial charge in [0.05, 0.1) is 5.92 Å². The van der Waals surface area contributed by atoms with Crippen molar-refractivity contribution in [1.82, 2.24) is 19.7 Å². The van der Waals surface area contributed by atoms with E-state index in [1.165, 1.54) is 0 Å². The lowest BCUT2D eigenvalue weighted by Crippen LogP contribution is -2.45. The van der Waals surface area contributed by atoms with Gasteiger partial charge in [-0.2, -0.15) is 5.10 Å². The molecule has 144 valence electrons. The molecule has 0 aliphatic carbocycles. The largest absolute Gasteiger partial charge is 0.356 e.